The van der Waals surface area contributed by atoms with Crippen molar-refractivity contribution < 1.29 is 9.53 Å². The van der Waals surface area contributed by atoms with Crippen LogP contribution in [0.5, 0.6) is 0 Å². The lowest BCUT2D eigenvalue weighted by atomic mass is 9.62. The molecule has 1 unspecified atom stereocenters. The smallest absolute Gasteiger partial charge is 0.144 e. The van der Waals surface area contributed by atoms with Crippen LogP contribution in [0.15, 0.2) is 24.3 Å². The van der Waals surface area contributed by atoms with E-state index in [9.17, 15) is 4.79 Å². The Morgan fingerprint density at radius 1 is 1.17 bits per heavy atom. The summed E-state index contributed by atoms with van der Waals surface area (Å²) >= 11 is 1.95. The van der Waals surface area contributed by atoms with Crippen molar-refractivity contribution in [2.75, 3.05) is 26.3 Å². The van der Waals surface area contributed by atoms with Crippen molar-refractivity contribution in [2.24, 2.45) is 5.41 Å². The first-order chi connectivity index (χ1) is 13.9. The van der Waals surface area contributed by atoms with E-state index in [1.165, 1.54) is 0 Å². The lowest BCUT2D eigenvalue weighted by Gasteiger charge is -2.47. The van der Waals surface area contributed by atoms with Crippen LogP contribution in [0.3, 0.4) is 0 Å². The van der Waals surface area contributed by atoms with Gasteiger partial charge in [-0.1, -0.05) is 30.0 Å². The molecular weight excluding hydrogens is 378 g/mol. The molecule has 0 amide bonds. The Labute approximate surface area is 179 Å². The van der Waals surface area contributed by atoms with E-state index >= 15 is 0 Å². The van der Waals surface area contributed by atoms with Gasteiger partial charge in [-0.15, -0.1) is 5.92 Å². The van der Waals surface area contributed by atoms with Crippen LogP contribution < -0.4 is 0 Å². The normalized spacial score (nSPS) is 24.9. The van der Waals surface area contributed by atoms with Gasteiger partial charge in [-0.3, -0.25) is 9.10 Å². The number of nitrogens with zero attached hydrogens (tertiary/aromatic N) is 1. The minimum atomic E-state index is -0.149. The predicted octanol–water partition coefficient (Wildman–Crippen LogP) is 4.81. The van der Waals surface area contributed by atoms with Gasteiger partial charge in [0.05, 0.1) is 24.4 Å². The van der Waals surface area contributed by atoms with Crippen LogP contribution in [0.25, 0.3) is 0 Å². The average Bonchev–Trinajstić information content (AvgIpc) is 2.62. The lowest BCUT2D eigenvalue weighted by Crippen LogP contribution is -2.44. The minimum absolute atomic E-state index is 0.118. The van der Waals surface area contributed by atoms with E-state index in [2.05, 4.69) is 48.7 Å². The summed E-state index contributed by atoms with van der Waals surface area (Å²) in [4.78, 5) is 13.4. The molecule has 154 valence electrons. The first kappa shape index (κ1) is 20.7. The van der Waals surface area contributed by atoms with E-state index in [0.717, 1.165) is 73.4 Å². The van der Waals surface area contributed by atoms with Gasteiger partial charge in [0.2, 0.25) is 0 Å². The molecular formula is C25H31NO2S. The number of Topliss-reactive ketones (excluding diaryl/α,β-unsaturated/α-hetero) is 1. The summed E-state index contributed by atoms with van der Waals surface area (Å²) < 4.78 is 7.78. The number of hydrogen-bond acceptors (Lipinski definition) is 4. The Hall–Kier alpha value is -1.54. The highest BCUT2D eigenvalue weighted by molar-refractivity contribution is 7.97. The molecule has 0 radical (unpaired) electrons. The first-order valence-corrected chi connectivity index (χ1v) is 11.5. The molecule has 3 aliphatic rings. The third-order valence-electron chi connectivity index (χ3n) is 6.72. The molecule has 2 saturated heterocycles. The van der Waals surface area contributed by atoms with Gasteiger partial charge in [0.25, 0.3) is 0 Å². The lowest BCUT2D eigenvalue weighted by molar-refractivity contribution is -0.124. The Balaban J connectivity index is 1.48. The van der Waals surface area contributed by atoms with Crippen molar-refractivity contribution in [3.05, 3.63) is 46.5 Å². The standard InChI is InChI=1S/C25H31NO2S/c1-5-6-20-11-17(2)23(18(3)12-20)24-19(4)13-25(14-22(24)27)7-9-26(10-8-25)29-21-15-28-16-21/h11-12,21,24H,4,7-10,13-16H2,1-3H3. The van der Waals surface area contributed by atoms with Crippen LogP contribution in [0.2, 0.25) is 0 Å². The van der Waals surface area contributed by atoms with Crippen molar-refractivity contribution in [2.45, 2.75) is 57.6 Å². The molecule has 1 aliphatic carbocycles. The van der Waals surface area contributed by atoms with Gasteiger partial charge in [-0.05, 0) is 74.3 Å². The number of ether oxygens (including phenoxy) is 1. The third-order valence-corrected chi connectivity index (χ3v) is 7.96. The quantitative estimate of drug-likeness (QED) is 0.407. The van der Waals surface area contributed by atoms with Crippen LogP contribution in [-0.4, -0.2) is 41.6 Å². The van der Waals surface area contributed by atoms with Crippen molar-refractivity contribution in [1.82, 2.24) is 4.31 Å². The van der Waals surface area contributed by atoms with Crippen molar-refractivity contribution in [3.63, 3.8) is 0 Å². The van der Waals surface area contributed by atoms with E-state index in [0.29, 0.717) is 17.5 Å². The molecule has 4 heteroatoms. The molecule has 4 rings (SSSR count). The number of carbonyl (C=O) groups is 1. The van der Waals surface area contributed by atoms with Crippen LogP contribution in [0, 0.1) is 31.1 Å². The third kappa shape index (κ3) is 4.19. The molecule has 2 heterocycles. The second-order valence-electron chi connectivity index (χ2n) is 9.00. The summed E-state index contributed by atoms with van der Waals surface area (Å²) in [6.07, 6.45) is 3.85. The number of piperidine rings is 1. The SMILES string of the molecule is C=C1CC2(CCN(SC3COC3)CC2)CC(=O)C1c1c(C)cc(C#CC)cc1C. The fraction of sp³-hybridized carbons (Fsp3) is 0.560. The zero-order valence-corrected chi connectivity index (χ0v) is 18.7. The second-order valence-corrected chi connectivity index (χ2v) is 10.4. The molecule has 29 heavy (non-hydrogen) atoms. The zero-order chi connectivity index (χ0) is 20.6. The molecule has 0 aromatic heterocycles. The number of ketones is 1. The van der Waals surface area contributed by atoms with Gasteiger partial charge in [0.15, 0.2) is 0 Å². The number of hydrogen-bond donors (Lipinski definition) is 0. The molecule has 1 spiro atoms. The number of benzene rings is 1. The van der Waals surface area contributed by atoms with Crippen LogP contribution in [0.1, 0.15) is 60.8 Å². The Morgan fingerprint density at radius 3 is 2.34 bits per heavy atom. The highest BCUT2D eigenvalue weighted by Gasteiger charge is 2.45. The van der Waals surface area contributed by atoms with Gasteiger partial charge in [-0.2, -0.15) is 0 Å². The summed E-state index contributed by atoms with van der Waals surface area (Å²) in [5.74, 6) is 6.32. The summed E-state index contributed by atoms with van der Waals surface area (Å²) in [5.41, 5.74) is 5.73. The molecule has 1 aromatic rings. The summed E-state index contributed by atoms with van der Waals surface area (Å²) in [7, 11) is 0. The fourth-order valence-electron chi connectivity index (χ4n) is 5.26. The van der Waals surface area contributed by atoms with E-state index in [1.54, 1.807) is 0 Å². The number of allylic oxidation sites excluding steroid dienone is 1. The predicted molar refractivity (Wildman–Crippen MR) is 120 cm³/mol. The van der Waals surface area contributed by atoms with Crippen LogP contribution in [-0.2, 0) is 9.53 Å². The molecule has 0 N–H and O–H groups in total. The molecule has 1 atom stereocenters. The Bertz CT molecular complexity index is 839. The van der Waals surface area contributed by atoms with Crippen molar-refractivity contribution >= 4 is 17.7 Å². The molecule has 1 saturated carbocycles. The van der Waals surface area contributed by atoms with E-state index in [4.69, 9.17) is 4.74 Å². The summed E-state index contributed by atoms with van der Waals surface area (Å²) in [6, 6.07) is 4.23. The van der Waals surface area contributed by atoms with Gasteiger partial charge in [0.1, 0.15) is 5.78 Å². The molecule has 1 aromatic carbocycles. The summed E-state index contributed by atoms with van der Waals surface area (Å²) in [6.45, 7) is 14.4. The van der Waals surface area contributed by atoms with Gasteiger partial charge < -0.3 is 4.74 Å². The van der Waals surface area contributed by atoms with E-state index < -0.39 is 0 Å². The van der Waals surface area contributed by atoms with Crippen molar-refractivity contribution in [1.29, 1.82) is 0 Å². The highest BCUT2D eigenvalue weighted by Crippen LogP contribution is 2.51. The Morgan fingerprint density at radius 2 is 1.83 bits per heavy atom. The Kier molecular flexibility index (Phi) is 5.93. The number of rotatable bonds is 3. The topological polar surface area (TPSA) is 29.5 Å². The largest absolute Gasteiger partial charge is 0.379 e. The summed E-state index contributed by atoms with van der Waals surface area (Å²) in [5, 5.41) is 0.628. The van der Waals surface area contributed by atoms with E-state index in [-0.39, 0.29) is 11.3 Å². The van der Waals surface area contributed by atoms with Crippen LogP contribution >= 0.6 is 11.9 Å². The molecule has 3 nitrogen and oxygen atoms in total. The average molecular weight is 410 g/mol. The van der Waals surface area contributed by atoms with Crippen molar-refractivity contribution in [3.8, 4) is 11.8 Å². The fourth-order valence-corrected chi connectivity index (χ4v) is 6.39. The minimum Gasteiger partial charge on any atom is -0.379 e. The van der Waals surface area contributed by atoms with Gasteiger partial charge in [-0.25, -0.2) is 0 Å². The van der Waals surface area contributed by atoms with Gasteiger partial charge in [0, 0.05) is 25.1 Å². The van der Waals surface area contributed by atoms with E-state index in [1.807, 2.05) is 18.9 Å². The monoisotopic (exact) mass is 409 g/mol. The number of carbonyl (C=O) groups excluding carboxylic acids is 1. The second kappa shape index (κ2) is 8.30. The van der Waals surface area contributed by atoms with Crippen LogP contribution in [0.4, 0.5) is 0 Å². The van der Waals surface area contributed by atoms with Gasteiger partial charge >= 0.3 is 0 Å². The zero-order valence-electron chi connectivity index (χ0n) is 17.8. The maximum absolute atomic E-state index is 13.4. The molecule has 0 bridgehead atoms. The number of aryl methyl sites for hydroxylation is 2. The molecule has 3 fully saturated rings. The highest BCUT2D eigenvalue weighted by atomic mass is 32.2. The maximum atomic E-state index is 13.4. The molecule has 2 aliphatic heterocycles. The maximum Gasteiger partial charge on any atom is 0.144 e. The first-order valence-electron chi connectivity index (χ1n) is 10.6.